The monoisotopic (exact) mass is 447 g/mol. The van der Waals surface area contributed by atoms with Crippen molar-refractivity contribution in [2.45, 2.75) is 19.8 Å². The molecule has 3 aromatic rings. The average molecular weight is 447 g/mol. The summed E-state index contributed by atoms with van der Waals surface area (Å²) in [4.78, 5) is 24.4. The summed E-state index contributed by atoms with van der Waals surface area (Å²) < 4.78 is 15.7. The number of rotatable bonds is 9. The Labute approximate surface area is 192 Å². The van der Waals surface area contributed by atoms with Gasteiger partial charge in [-0.25, -0.2) is 9.59 Å². The van der Waals surface area contributed by atoms with E-state index >= 15 is 0 Å². The molecule has 2 N–H and O–H groups in total. The maximum atomic E-state index is 12.2. The number of methoxy groups -OCH3 is 1. The van der Waals surface area contributed by atoms with E-state index in [-0.39, 0.29) is 18.9 Å². The van der Waals surface area contributed by atoms with Gasteiger partial charge < -0.3 is 19.3 Å². The summed E-state index contributed by atoms with van der Waals surface area (Å²) in [5, 5.41) is 12.2. The van der Waals surface area contributed by atoms with Crippen LogP contribution in [-0.2, 0) is 34.1 Å². The van der Waals surface area contributed by atoms with Gasteiger partial charge in [-0.1, -0.05) is 66.7 Å². The van der Waals surface area contributed by atoms with Crippen LogP contribution >= 0.6 is 0 Å². The van der Waals surface area contributed by atoms with Crippen molar-refractivity contribution in [2.24, 2.45) is 0 Å². The van der Waals surface area contributed by atoms with E-state index in [1.807, 2.05) is 60.7 Å². The van der Waals surface area contributed by atoms with Crippen LogP contribution in [0, 0.1) is 0 Å². The van der Waals surface area contributed by atoms with Gasteiger partial charge in [0, 0.05) is 0 Å². The Morgan fingerprint density at radius 1 is 0.909 bits per heavy atom. The van der Waals surface area contributed by atoms with Crippen molar-refractivity contribution < 1.29 is 28.9 Å². The van der Waals surface area contributed by atoms with E-state index in [1.165, 1.54) is 13.2 Å². The van der Waals surface area contributed by atoms with E-state index in [2.05, 4.69) is 5.32 Å². The van der Waals surface area contributed by atoms with E-state index < -0.39 is 12.1 Å². The standard InChI is InChI=1S/C26H25NO6/c1-31-25(29)24(27-26(30)33-18-20-10-6-3-7-11-20)15-21-12-13-23(14-22(21)16-28)32-17-19-8-4-2-5-9-19/h2-15,28H,16-18H2,1H3,(H,27,30)/b24-15-. The third-order valence-electron chi connectivity index (χ3n) is 4.69. The minimum Gasteiger partial charge on any atom is -0.489 e. The Balaban J connectivity index is 1.71. The van der Waals surface area contributed by atoms with Gasteiger partial charge in [0.15, 0.2) is 0 Å². The van der Waals surface area contributed by atoms with Crippen LogP contribution in [0.1, 0.15) is 22.3 Å². The highest BCUT2D eigenvalue weighted by Gasteiger charge is 2.16. The molecule has 170 valence electrons. The molecule has 0 aliphatic heterocycles. The van der Waals surface area contributed by atoms with E-state index in [9.17, 15) is 14.7 Å². The van der Waals surface area contributed by atoms with Crippen molar-refractivity contribution >= 4 is 18.1 Å². The molecule has 7 heteroatoms. The first kappa shape index (κ1) is 23.6. The van der Waals surface area contributed by atoms with Crippen molar-refractivity contribution in [1.29, 1.82) is 0 Å². The lowest BCUT2D eigenvalue weighted by molar-refractivity contribution is -0.136. The number of carbonyl (C=O) groups is 2. The predicted molar refractivity (Wildman–Crippen MR) is 123 cm³/mol. The molecule has 3 aromatic carbocycles. The summed E-state index contributed by atoms with van der Waals surface area (Å²) in [5.41, 5.74) is 2.74. The average Bonchev–Trinajstić information content (AvgIpc) is 2.87. The Morgan fingerprint density at radius 3 is 2.15 bits per heavy atom. The lowest BCUT2D eigenvalue weighted by atomic mass is 10.1. The minimum atomic E-state index is -0.802. The molecule has 0 heterocycles. The zero-order valence-electron chi connectivity index (χ0n) is 18.2. The highest BCUT2D eigenvalue weighted by atomic mass is 16.6. The fraction of sp³-hybridized carbons (Fsp3) is 0.154. The van der Waals surface area contributed by atoms with Crippen LogP contribution in [0.25, 0.3) is 6.08 Å². The van der Waals surface area contributed by atoms with Gasteiger partial charge >= 0.3 is 12.1 Å². The predicted octanol–water partition coefficient (Wildman–Crippen LogP) is 4.20. The molecule has 0 saturated heterocycles. The highest BCUT2D eigenvalue weighted by molar-refractivity contribution is 5.96. The summed E-state index contributed by atoms with van der Waals surface area (Å²) in [7, 11) is 1.21. The first-order chi connectivity index (χ1) is 16.1. The number of aliphatic hydroxyl groups is 1. The number of nitrogens with one attached hydrogen (secondary N) is 1. The Hall–Kier alpha value is -4.10. The van der Waals surface area contributed by atoms with Crippen LogP contribution in [-0.4, -0.2) is 24.3 Å². The molecule has 0 saturated carbocycles. The molecule has 3 rings (SSSR count). The van der Waals surface area contributed by atoms with Gasteiger partial charge in [-0.15, -0.1) is 0 Å². The van der Waals surface area contributed by atoms with Crippen molar-refractivity contribution in [3.05, 3.63) is 107 Å². The Morgan fingerprint density at radius 2 is 1.55 bits per heavy atom. The molecular formula is C26H25NO6. The number of ether oxygens (including phenoxy) is 3. The molecular weight excluding hydrogens is 422 g/mol. The fourth-order valence-electron chi connectivity index (χ4n) is 2.97. The number of amides is 1. The third-order valence-corrected chi connectivity index (χ3v) is 4.69. The number of esters is 1. The van der Waals surface area contributed by atoms with Gasteiger partial charge in [0.25, 0.3) is 0 Å². The van der Waals surface area contributed by atoms with E-state index in [1.54, 1.807) is 18.2 Å². The number of benzene rings is 3. The van der Waals surface area contributed by atoms with Gasteiger partial charge in [0.05, 0.1) is 13.7 Å². The third kappa shape index (κ3) is 7.22. The second-order valence-electron chi connectivity index (χ2n) is 7.03. The number of carbonyl (C=O) groups excluding carboxylic acids is 2. The summed E-state index contributed by atoms with van der Waals surface area (Å²) in [6, 6.07) is 23.9. The minimum absolute atomic E-state index is 0.0520. The number of hydrogen-bond acceptors (Lipinski definition) is 6. The summed E-state index contributed by atoms with van der Waals surface area (Å²) in [6.07, 6.45) is 0.617. The Bertz CT molecular complexity index is 1100. The zero-order valence-corrected chi connectivity index (χ0v) is 18.2. The molecule has 0 aliphatic carbocycles. The molecule has 0 atom stereocenters. The molecule has 1 amide bonds. The SMILES string of the molecule is COC(=O)/C(=C/c1ccc(OCc2ccccc2)cc1CO)NC(=O)OCc1ccccc1. The number of hydrogen-bond donors (Lipinski definition) is 2. The van der Waals surface area contributed by atoms with Crippen molar-refractivity contribution in [3.63, 3.8) is 0 Å². The molecule has 7 nitrogen and oxygen atoms in total. The quantitative estimate of drug-likeness (QED) is 0.377. The highest BCUT2D eigenvalue weighted by Crippen LogP contribution is 2.21. The summed E-state index contributed by atoms with van der Waals surface area (Å²) in [5.74, 6) is -0.185. The number of alkyl carbamates (subject to hydrolysis) is 1. The maximum absolute atomic E-state index is 12.2. The molecule has 33 heavy (non-hydrogen) atoms. The van der Waals surface area contributed by atoms with Crippen LogP contribution in [0.2, 0.25) is 0 Å². The largest absolute Gasteiger partial charge is 0.489 e. The van der Waals surface area contributed by atoms with Gasteiger partial charge in [0.2, 0.25) is 0 Å². The zero-order chi connectivity index (χ0) is 23.5. The van der Waals surface area contributed by atoms with E-state index in [0.29, 0.717) is 23.5 Å². The summed E-state index contributed by atoms with van der Waals surface area (Å²) in [6.45, 7) is 0.140. The molecule has 0 fully saturated rings. The van der Waals surface area contributed by atoms with E-state index in [0.717, 1.165) is 11.1 Å². The normalized spacial score (nSPS) is 10.9. The van der Waals surface area contributed by atoms with Gasteiger partial charge in [-0.05, 0) is 40.5 Å². The number of aliphatic hydroxyl groups excluding tert-OH is 1. The van der Waals surface area contributed by atoms with E-state index in [4.69, 9.17) is 14.2 Å². The van der Waals surface area contributed by atoms with Gasteiger partial charge in [-0.3, -0.25) is 5.32 Å². The smallest absolute Gasteiger partial charge is 0.412 e. The molecule has 0 bridgehead atoms. The van der Waals surface area contributed by atoms with Crippen LogP contribution < -0.4 is 10.1 Å². The molecule has 0 unspecified atom stereocenters. The van der Waals surface area contributed by atoms with Crippen molar-refractivity contribution in [1.82, 2.24) is 5.32 Å². The molecule has 0 spiro atoms. The second kappa shape index (κ2) is 12.1. The first-order valence-electron chi connectivity index (χ1n) is 10.3. The fourth-order valence-corrected chi connectivity index (χ4v) is 2.97. The second-order valence-corrected chi connectivity index (χ2v) is 7.03. The van der Waals surface area contributed by atoms with Crippen molar-refractivity contribution in [3.8, 4) is 5.75 Å². The van der Waals surface area contributed by atoms with Crippen molar-refractivity contribution in [2.75, 3.05) is 7.11 Å². The van der Waals surface area contributed by atoms with Gasteiger partial charge in [0.1, 0.15) is 24.7 Å². The maximum Gasteiger partial charge on any atom is 0.412 e. The molecule has 0 radical (unpaired) electrons. The van der Waals surface area contributed by atoms with Crippen LogP contribution in [0.5, 0.6) is 5.75 Å². The first-order valence-corrected chi connectivity index (χ1v) is 10.3. The lowest BCUT2D eigenvalue weighted by Crippen LogP contribution is -2.28. The van der Waals surface area contributed by atoms with Crippen LogP contribution in [0.4, 0.5) is 4.79 Å². The van der Waals surface area contributed by atoms with Crippen LogP contribution in [0.15, 0.2) is 84.6 Å². The lowest BCUT2D eigenvalue weighted by Gasteiger charge is -2.12. The molecule has 0 aliphatic rings. The molecule has 0 aromatic heterocycles. The van der Waals surface area contributed by atoms with Crippen LogP contribution in [0.3, 0.4) is 0 Å². The summed E-state index contributed by atoms with van der Waals surface area (Å²) >= 11 is 0. The Kier molecular flexibility index (Phi) is 8.62. The van der Waals surface area contributed by atoms with Gasteiger partial charge in [-0.2, -0.15) is 0 Å². The topological polar surface area (TPSA) is 94.1 Å².